The molecular weight excluding hydrogens is 214 g/mol. The predicted molar refractivity (Wildman–Crippen MR) is 59.4 cm³/mol. The minimum absolute atomic E-state index is 0.315. The zero-order valence-electron chi connectivity index (χ0n) is 7.68. The van der Waals surface area contributed by atoms with Gasteiger partial charge in [-0.1, -0.05) is 6.07 Å². The monoisotopic (exact) mass is 225 g/mol. The van der Waals surface area contributed by atoms with E-state index in [9.17, 15) is 4.79 Å². The van der Waals surface area contributed by atoms with Crippen molar-refractivity contribution in [3.8, 4) is 0 Å². The third kappa shape index (κ3) is 1.37. The summed E-state index contributed by atoms with van der Waals surface area (Å²) in [7, 11) is 0. The lowest BCUT2D eigenvalue weighted by atomic mass is 10.4. The summed E-state index contributed by atoms with van der Waals surface area (Å²) in [4.78, 5) is 15.1. The van der Waals surface area contributed by atoms with Crippen LogP contribution in [0.4, 0.5) is 0 Å². The Morgan fingerprint density at radius 3 is 2.93 bits per heavy atom. The second kappa shape index (κ2) is 3.28. The van der Waals surface area contributed by atoms with Crippen LogP contribution in [0.2, 0.25) is 0 Å². The van der Waals surface area contributed by atoms with Gasteiger partial charge in [-0.25, -0.2) is 0 Å². The van der Waals surface area contributed by atoms with Crippen LogP contribution in [0, 0.1) is 0 Å². The molecule has 4 heteroatoms. The highest BCUT2D eigenvalue weighted by Crippen LogP contribution is 2.46. The average Bonchev–Trinajstić information content (AvgIpc) is 2.75. The van der Waals surface area contributed by atoms with Crippen LogP contribution in [-0.4, -0.2) is 22.6 Å². The fraction of sp³-hybridized carbons (Fsp3) is 0.500. The molecule has 0 N–H and O–H groups in total. The molecule has 0 aromatic carbocycles. The molecule has 1 atom stereocenters. The van der Waals surface area contributed by atoms with Crippen LogP contribution < -0.4 is 0 Å². The Labute approximate surface area is 91.3 Å². The van der Waals surface area contributed by atoms with Gasteiger partial charge in [0.05, 0.1) is 5.75 Å². The molecule has 1 saturated heterocycles. The molecule has 0 bridgehead atoms. The number of nitrogens with zero attached hydrogens (tertiary/aromatic N) is 1. The van der Waals surface area contributed by atoms with Crippen molar-refractivity contribution in [2.24, 2.45) is 0 Å². The zero-order valence-corrected chi connectivity index (χ0v) is 9.31. The lowest BCUT2D eigenvalue weighted by Crippen LogP contribution is -2.29. The molecule has 2 fully saturated rings. The van der Waals surface area contributed by atoms with E-state index in [1.54, 1.807) is 23.1 Å². The molecule has 2 aliphatic rings. The van der Waals surface area contributed by atoms with E-state index < -0.39 is 0 Å². The molecule has 74 valence electrons. The molecule has 1 aromatic heterocycles. The molecular formula is C10H11NOS2. The summed E-state index contributed by atoms with van der Waals surface area (Å²) < 4.78 is 0. The fourth-order valence-electron chi connectivity index (χ4n) is 1.83. The molecule has 2 nitrogen and oxygen atoms in total. The van der Waals surface area contributed by atoms with Crippen molar-refractivity contribution >= 4 is 29.0 Å². The van der Waals surface area contributed by atoms with Gasteiger partial charge in [0.25, 0.3) is 0 Å². The first-order valence-corrected chi connectivity index (χ1v) is 6.75. The van der Waals surface area contributed by atoms with Gasteiger partial charge in [-0.05, 0) is 24.3 Å². The summed E-state index contributed by atoms with van der Waals surface area (Å²) in [5.74, 6) is 0.995. The average molecular weight is 225 g/mol. The van der Waals surface area contributed by atoms with Crippen molar-refractivity contribution < 1.29 is 4.79 Å². The Hall–Kier alpha value is -0.480. The summed E-state index contributed by atoms with van der Waals surface area (Å²) in [6.07, 6.45) is 2.41. The van der Waals surface area contributed by atoms with Gasteiger partial charge in [0, 0.05) is 10.9 Å². The van der Waals surface area contributed by atoms with Crippen molar-refractivity contribution in [1.29, 1.82) is 0 Å². The molecule has 1 saturated carbocycles. The Morgan fingerprint density at radius 2 is 2.29 bits per heavy atom. The number of rotatable bonds is 2. The topological polar surface area (TPSA) is 20.3 Å². The van der Waals surface area contributed by atoms with Crippen LogP contribution in [0.5, 0.6) is 0 Å². The highest BCUT2D eigenvalue weighted by atomic mass is 32.2. The van der Waals surface area contributed by atoms with E-state index in [1.807, 2.05) is 0 Å². The van der Waals surface area contributed by atoms with Gasteiger partial charge in [0.1, 0.15) is 5.37 Å². The van der Waals surface area contributed by atoms with Crippen molar-refractivity contribution in [3.05, 3.63) is 22.4 Å². The molecule has 1 aliphatic heterocycles. The van der Waals surface area contributed by atoms with E-state index in [-0.39, 0.29) is 0 Å². The molecule has 2 heterocycles. The van der Waals surface area contributed by atoms with Gasteiger partial charge in [-0.15, -0.1) is 23.1 Å². The first-order chi connectivity index (χ1) is 6.86. The second-order valence-electron chi connectivity index (χ2n) is 3.71. The van der Waals surface area contributed by atoms with Crippen molar-refractivity contribution in [2.75, 3.05) is 5.75 Å². The number of thioether (sulfide) groups is 1. The van der Waals surface area contributed by atoms with Crippen molar-refractivity contribution in [3.63, 3.8) is 0 Å². The summed E-state index contributed by atoms with van der Waals surface area (Å²) in [5, 5.41) is 2.40. The maximum absolute atomic E-state index is 11.7. The highest BCUT2D eigenvalue weighted by Gasteiger charge is 2.42. The molecule has 1 aromatic rings. The molecule has 0 unspecified atom stereocenters. The Balaban J connectivity index is 1.88. The maximum atomic E-state index is 11.7. The van der Waals surface area contributed by atoms with E-state index in [0.29, 0.717) is 23.1 Å². The molecule has 3 rings (SSSR count). The van der Waals surface area contributed by atoms with Crippen LogP contribution in [0.25, 0.3) is 0 Å². The zero-order chi connectivity index (χ0) is 9.54. The quantitative estimate of drug-likeness (QED) is 0.770. The molecule has 1 amide bonds. The van der Waals surface area contributed by atoms with Crippen LogP contribution in [0.1, 0.15) is 23.1 Å². The highest BCUT2D eigenvalue weighted by molar-refractivity contribution is 8.00. The number of hydrogen-bond acceptors (Lipinski definition) is 3. The lowest BCUT2D eigenvalue weighted by Gasteiger charge is -2.22. The third-order valence-electron chi connectivity index (χ3n) is 2.63. The Kier molecular flexibility index (Phi) is 2.06. The normalized spacial score (nSPS) is 27.3. The largest absolute Gasteiger partial charge is 0.322 e. The number of hydrogen-bond donors (Lipinski definition) is 0. The van der Waals surface area contributed by atoms with Crippen LogP contribution in [0.15, 0.2) is 17.5 Å². The number of carbonyl (C=O) groups excluding carboxylic acids is 1. The number of amides is 1. The van der Waals surface area contributed by atoms with Gasteiger partial charge in [-0.2, -0.15) is 0 Å². The van der Waals surface area contributed by atoms with Gasteiger partial charge >= 0.3 is 0 Å². The van der Waals surface area contributed by atoms with Crippen LogP contribution in [0.3, 0.4) is 0 Å². The van der Waals surface area contributed by atoms with E-state index in [0.717, 1.165) is 0 Å². The number of carbonyl (C=O) groups is 1. The van der Waals surface area contributed by atoms with E-state index in [1.165, 1.54) is 17.7 Å². The van der Waals surface area contributed by atoms with Crippen molar-refractivity contribution in [2.45, 2.75) is 24.3 Å². The maximum Gasteiger partial charge on any atom is 0.234 e. The van der Waals surface area contributed by atoms with E-state index in [2.05, 4.69) is 22.4 Å². The standard InChI is InChI=1S/C10H11NOS2/c12-9-6-14-10(8-2-1-5-13-8)11(9)7-3-4-7/h1-2,5,7,10H,3-4,6H2/t10-/m0/s1. The smallest absolute Gasteiger partial charge is 0.234 e. The van der Waals surface area contributed by atoms with Crippen LogP contribution in [-0.2, 0) is 4.79 Å². The van der Waals surface area contributed by atoms with Gasteiger partial charge in [0.15, 0.2) is 0 Å². The lowest BCUT2D eigenvalue weighted by molar-refractivity contribution is -0.128. The van der Waals surface area contributed by atoms with Gasteiger partial charge in [-0.3, -0.25) is 4.79 Å². The minimum Gasteiger partial charge on any atom is -0.322 e. The first-order valence-electron chi connectivity index (χ1n) is 4.82. The Bertz CT molecular complexity index is 345. The van der Waals surface area contributed by atoms with Gasteiger partial charge < -0.3 is 4.90 Å². The molecule has 1 aliphatic carbocycles. The SMILES string of the molecule is O=C1CS[C@@H](c2cccs2)N1C1CC1. The molecule has 0 radical (unpaired) electrons. The predicted octanol–water partition coefficient (Wildman–Crippen LogP) is 2.48. The molecule has 14 heavy (non-hydrogen) atoms. The summed E-state index contributed by atoms with van der Waals surface area (Å²) in [5.41, 5.74) is 0. The van der Waals surface area contributed by atoms with E-state index in [4.69, 9.17) is 0 Å². The summed E-state index contributed by atoms with van der Waals surface area (Å²) in [6.45, 7) is 0. The van der Waals surface area contributed by atoms with E-state index >= 15 is 0 Å². The Morgan fingerprint density at radius 1 is 1.43 bits per heavy atom. The molecule has 0 spiro atoms. The minimum atomic E-state index is 0.315. The third-order valence-corrected chi connectivity index (χ3v) is 4.92. The first kappa shape index (κ1) is 8.80. The number of thiophene rings is 1. The van der Waals surface area contributed by atoms with Crippen molar-refractivity contribution in [1.82, 2.24) is 4.90 Å². The second-order valence-corrected chi connectivity index (χ2v) is 5.76. The van der Waals surface area contributed by atoms with Crippen LogP contribution >= 0.6 is 23.1 Å². The fourth-order valence-corrected chi connectivity index (χ4v) is 4.05. The summed E-state index contributed by atoms with van der Waals surface area (Å²) in [6, 6.07) is 4.75. The summed E-state index contributed by atoms with van der Waals surface area (Å²) >= 11 is 3.53. The van der Waals surface area contributed by atoms with Gasteiger partial charge in [0.2, 0.25) is 5.91 Å².